The predicted molar refractivity (Wildman–Crippen MR) is 134 cm³/mol. The third-order valence-electron chi connectivity index (χ3n) is 6.07. The van der Waals surface area contributed by atoms with Gasteiger partial charge in [-0.25, -0.2) is 15.0 Å². The summed E-state index contributed by atoms with van der Waals surface area (Å²) >= 11 is 0. The standard InChI is InChI=1S/C25H27N9O/c1-5-33-15-28-32-22(33)17-7-8-19(20(10-17)35-6-2)30-24-27-11-18-9-16(3)29-23(21(18)31-24)34-13-25(4,12-26)14-34/h7-11,15H,5-6,13-14H2,1-4H3,(H,27,30,31). The average molecular weight is 470 g/mol. The Morgan fingerprint density at radius 3 is 2.77 bits per heavy atom. The highest BCUT2D eigenvalue weighted by molar-refractivity contribution is 5.90. The smallest absolute Gasteiger partial charge is 0.227 e. The third kappa shape index (κ3) is 4.21. The first-order valence-electron chi connectivity index (χ1n) is 11.7. The second-order valence-corrected chi connectivity index (χ2v) is 8.96. The summed E-state index contributed by atoms with van der Waals surface area (Å²) in [6.07, 6.45) is 3.51. The number of anilines is 3. The van der Waals surface area contributed by atoms with Crippen molar-refractivity contribution in [3.05, 3.63) is 42.5 Å². The summed E-state index contributed by atoms with van der Waals surface area (Å²) in [5.41, 5.74) is 2.94. The molecule has 0 atom stereocenters. The zero-order valence-electron chi connectivity index (χ0n) is 20.3. The minimum absolute atomic E-state index is 0.359. The van der Waals surface area contributed by atoms with Gasteiger partial charge in [-0.3, -0.25) is 0 Å². The molecule has 1 aliphatic rings. The van der Waals surface area contributed by atoms with E-state index in [1.165, 1.54) is 0 Å². The molecule has 0 radical (unpaired) electrons. The van der Waals surface area contributed by atoms with Crippen LogP contribution in [0.1, 0.15) is 26.5 Å². The van der Waals surface area contributed by atoms with Crippen molar-refractivity contribution in [1.82, 2.24) is 29.7 Å². The van der Waals surface area contributed by atoms with Gasteiger partial charge >= 0.3 is 0 Å². The summed E-state index contributed by atoms with van der Waals surface area (Å²) in [5.74, 6) is 2.68. The van der Waals surface area contributed by atoms with Gasteiger partial charge in [-0.15, -0.1) is 10.2 Å². The fourth-order valence-corrected chi connectivity index (χ4v) is 4.32. The number of rotatable bonds is 7. The van der Waals surface area contributed by atoms with Crippen LogP contribution in [0.4, 0.5) is 17.5 Å². The second-order valence-electron chi connectivity index (χ2n) is 8.96. The van der Waals surface area contributed by atoms with E-state index in [1.807, 2.05) is 49.6 Å². The van der Waals surface area contributed by atoms with Crippen molar-refractivity contribution < 1.29 is 4.74 Å². The Balaban J connectivity index is 1.49. The van der Waals surface area contributed by atoms with Crippen molar-refractivity contribution in [3.8, 4) is 23.2 Å². The quantitative estimate of drug-likeness (QED) is 0.427. The lowest BCUT2D eigenvalue weighted by atomic mass is 9.83. The fraction of sp³-hybridized carbons (Fsp3) is 0.360. The largest absolute Gasteiger partial charge is 0.492 e. The molecule has 1 aromatic carbocycles. The van der Waals surface area contributed by atoms with Crippen molar-refractivity contribution in [2.75, 3.05) is 29.9 Å². The summed E-state index contributed by atoms with van der Waals surface area (Å²) < 4.78 is 7.90. The molecule has 4 heterocycles. The van der Waals surface area contributed by atoms with E-state index in [9.17, 15) is 5.26 Å². The lowest BCUT2D eigenvalue weighted by molar-refractivity contribution is 0.335. The van der Waals surface area contributed by atoms with E-state index in [4.69, 9.17) is 14.7 Å². The minimum Gasteiger partial charge on any atom is -0.492 e. The number of aryl methyl sites for hydroxylation is 2. The number of hydrogen-bond acceptors (Lipinski definition) is 9. The van der Waals surface area contributed by atoms with E-state index in [0.29, 0.717) is 31.4 Å². The van der Waals surface area contributed by atoms with E-state index < -0.39 is 0 Å². The van der Waals surface area contributed by atoms with E-state index >= 15 is 0 Å². The number of benzene rings is 1. The van der Waals surface area contributed by atoms with Crippen LogP contribution in [-0.4, -0.2) is 49.4 Å². The molecule has 10 heteroatoms. The third-order valence-corrected chi connectivity index (χ3v) is 6.07. The molecule has 10 nitrogen and oxygen atoms in total. The molecule has 1 saturated heterocycles. The molecule has 5 rings (SSSR count). The molecule has 0 saturated carbocycles. The van der Waals surface area contributed by atoms with Crippen LogP contribution in [-0.2, 0) is 6.54 Å². The number of hydrogen-bond donors (Lipinski definition) is 1. The second kappa shape index (κ2) is 8.83. The number of fused-ring (bicyclic) bond motifs is 1. The summed E-state index contributed by atoms with van der Waals surface area (Å²) in [5, 5.41) is 21.9. The summed E-state index contributed by atoms with van der Waals surface area (Å²) in [7, 11) is 0. The molecule has 4 aromatic rings. The molecule has 1 fully saturated rings. The van der Waals surface area contributed by atoms with Gasteiger partial charge in [0.15, 0.2) is 11.6 Å². The summed E-state index contributed by atoms with van der Waals surface area (Å²) in [6.45, 7) is 10.4. The topological polar surface area (TPSA) is 118 Å². The maximum Gasteiger partial charge on any atom is 0.227 e. The number of pyridine rings is 1. The van der Waals surface area contributed by atoms with Crippen molar-refractivity contribution >= 4 is 28.4 Å². The first-order chi connectivity index (χ1) is 16.9. The van der Waals surface area contributed by atoms with E-state index in [2.05, 4.69) is 38.4 Å². The Bertz CT molecular complexity index is 1430. The van der Waals surface area contributed by atoms with Crippen LogP contribution in [0.3, 0.4) is 0 Å². The number of nitrogens with zero attached hydrogens (tertiary/aromatic N) is 8. The Hall–Kier alpha value is -4.26. The van der Waals surface area contributed by atoms with E-state index in [1.54, 1.807) is 12.5 Å². The van der Waals surface area contributed by atoms with Crippen LogP contribution >= 0.6 is 0 Å². The van der Waals surface area contributed by atoms with Crippen molar-refractivity contribution in [2.45, 2.75) is 34.2 Å². The molecule has 0 aliphatic carbocycles. The van der Waals surface area contributed by atoms with Gasteiger partial charge < -0.3 is 19.5 Å². The van der Waals surface area contributed by atoms with Crippen molar-refractivity contribution in [2.24, 2.45) is 5.41 Å². The highest BCUT2D eigenvalue weighted by Gasteiger charge is 2.40. The zero-order valence-corrected chi connectivity index (χ0v) is 20.3. The molecule has 1 aliphatic heterocycles. The zero-order chi connectivity index (χ0) is 24.6. The van der Waals surface area contributed by atoms with Crippen LogP contribution in [0.25, 0.3) is 22.3 Å². The molecule has 0 spiro atoms. The Kier molecular flexibility index (Phi) is 5.68. The molecule has 178 valence electrons. The highest BCUT2D eigenvalue weighted by atomic mass is 16.5. The fourth-order valence-electron chi connectivity index (χ4n) is 4.32. The lowest BCUT2D eigenvalue weighted by Crippen LogP contribution is -2.54. The van der Waals surface area contributed by atoms with Crippen molar-refractivity contribution in [1.29, 1.82) is 5.26 Å². The normalized spacial score (nSPS) is 14.4. The maximum absolute atomic E-state index is 9.41. The molecular formula is C25H27N9O. The number of aromatic nitrogens is 6. The number of nitriles is 1. The summed E-state index contributed by atoms with van der Waals surface area (Å²) in [6, 6.07) is 10.2. The van der Waals surface area contributed by atoms with Crippen LogP contribution in [0.5, 0.6) is 5.75 Å². The van der Waals surface area contributed by atoms with E-state index in [0.717, 1.165) is 46.0 Å². The first kappa shape index (κ1) is 22.5. The van der Waals surface area contributed by atoms with Crippen LogP contribution < -0.4 is 15.0 Å². The Labute approximate surface area is 203 Å². The van der Waals surface area contributed by atoms with Crippen LogP contribution in [0.2, 0.25) is 0 Å². The number of nitrogens with one attached hydrogen (secondary N) is 1. The van der Waals surface area contributed by atoms with Crippen LogP contribution in [0, 0.1) is 23.7 Å². The average Bonchev–Trinajstić information content (AvgIpc) is 3.32. The SMILES string of the molecule is CCOc1cc(-c2nncn2CC)ccc1Nc1ncc2cc(C)nc(N3CC(C)(C#N)C3)c2n1. The minimum atomic E-state index is -0.359. The van der Waals surface area contributed by atoms with Crippen LogP contribution in [0.15, 0.2) is 36.8 Å². The van der Waals surface area contributed by atoms with E-state index in [-0.39, 0.29) is 5.41 Å². The molecule has 0 amide bonds. The van der Waals surface area contributed by atoms with Gasteiger partial charge in [0.05, 0.1) is 23.8 Å². The van der Waals surface area contributed by atoms with Gasteiger partial charge in [0, 0.05) is 42.5 Å². The molecule has 1 N–H and O–H groups in total. The molecule has 0 unspecified atom stereocenters. The van der Waals surface area contributed by atoms with Gasteiger partial charge in [-0.2, -0.15) is 5.26 Å². The summed E-state index contributed by atoms with van der Waals surface area (Å²) in [4.78, 5) is 16.2. The van der Waals surface area contributed by atoms with Gasteiger partial charge in [-0.1, -0.05) is 0 Å². The molecule has 0 bridgehead atoms. The molecule has 35 heavy (non-hydrogen) atoms. The number of ether oxygens (including phenoxy) is 1. The van der Waals surface area contributed by atoms with Gasteiger partial charge in [0.25, 0.3) is 0 Å². The first-order valence-corrected chi connectivity index (χ1v) is 11.7. The maximum atomic E-state index is 9.41. The van der Waals surface area contributed by atoms with Crippen molar-refractivity contribution in [3.63, 3.8) is 0 Å². The van der Waals surface area contributed by atoms with Gasteiger partial charge in [-0.05, 0) is 52.0 Å². The highest BCUT2D eigenvalue weighted by Crippen LogP contribution is 2.37. The Morgan fingerprint density at radius 1 is 1.20 bits per heavy atom. The molecule has 3 aromatic heterocycles. The Morgan fingerprint density at radius 2 is 2.03 bits per heavy atom. The molecular weight excluding hydrogens is 442 g/mol. The monoisotopic (exact) mass is 469 g/mol. The van der Waals surface area contributed by atoms with Gasteiger partial charge in [0.2, 0.25) is 5.95 Å². The predicted octanol–water partition coefficient (Wildman–Crippen LogP) is 4.10. The van der Waals surface area contributed by atoms with Gasteiger partial charge in [0.1, 0.15) is 17.6 Å². The lowest BCUT2D eigenvalue weighted by Gasteiger charge is -2.44.